The molecule has 1 aliphatic rings. The van der Waals surface area contributed by atoms with Gasteiger partial charge in [0.05, 0.1) is 13.7 Å². The number of carbonyl (C=O) groups is 3. The van der Waals surface area contributed by atoms with Gasteiger partial charge in [-0.3, -0.25) is 14.5 Å². The Labute approximate surface area is 169 Å². The van der Waals surface area contributed by atoms with E-state index in [1.165, 1.54) is 4.90 Å². The van der Waals surface area contributed by atoms with Crippen LogP contribution in [0.4, 0.5) is 4.79 Å². The molecule has 4 amide bonds. The van der Waals surface area contributed by atoms with Crippen LogP contribution in [0.15, 0.2) is 42.6 Å². The van der Waals surface area contributed by atoms with E-state index in [9.17, 15) is 14.4 Å². The summed E-state index contributed by atoms with van der Waals surface area (Å²) in [5.74, 6) is 0.331. The number of rotatable bonds is 9. The van der Waals surface area contributed by atoms with Crippen molar-refractivity contribution >= 4 is 17.8 Å². The number of benzene rings is 1. The number of amides is 4. The number of imide groups is 1. The summed E-state index contributed by atoms with van der Waals surface area (Å²) >= 11 is 0. The average molecular weight is 398 g/mol. The van der Waals surface area contributed by atoms with Gasteiger partial charge >= 0.3 is 6.03 Å². The summed E-state index contributed by atoms with van der Waals surface area (Å²) in [4.78, 5) is 38.0. The van der Waals surface area contributed by atoms with Gasteiger partial charge in [0.2, 0.25) is 5.91 Å². The summed E-state index contributed by atoms with van der Waals surface area (Å²) in [7, 11) is 3.51. The molecule has 1 aliphatic heterocycles. The predicted octanol–water partition coefficient (Wildman–Crippen LogP) is 1.59. The van der Waals surface area contributed by atoms with E-state index in [0.29, 0.717) is 19.5 Å². The Morgan fingerprint density at radius 3 is 2.62 bits per heavy atom. The third-order valence-corrected chi connectivity index (χ3v) is 5.07. The predicted molar refractivity (Wildman–Crippen MR) is 107 cm³/mol. The molecule has 1 fully saturated rings. The molecule has 1 atom stereocenters. The van der Waals surface area contributed by atoms with Crippen LogP contribution in [0.25, 0.3) is 0 Å². The van der Waals surface area contributed by atoms with Crippen LogP contribution < -0.4 is 15.4 Å². The summed E-state index contributed by atoms with van der Waals surface area (Å²) in [6.45, 7) is 0.731. The number of urea groups is 1. The third kappa shape index (κ3) is 5.16. The molecule has 0 aliphatic carbocycles. The highest BCUT2D eigenvalue weighted by molar-refractivity contribution is 6.04. The van der Waals surface area contributed by atoms with Gasteiger partial charge in [0.25, 0.3) is 5.91 Å². The fourth-order valence-corrected chi connectivity index (χ4v) is 3.25. The molecular formula is C21H26N4O4. The van der Waals surface area contributed by atoms with Gasteiger partial charge in [-0.2, -0.15) is 0 Å². The molecule has 2 aromatic rings. The quantitative estimate of drug-likeness (QED) is 0.628. The van der Waals surface area contributed by atoms with Crippen LogP contribution in [0.5, 0.6) is 5.75 Å². The SMILES string of the molecule is COc1ccc(CCN2C(=O)NC(CCC(=O)NCc3cccn3C)C2=O)cc1. The number of hydrogen-bond donors (Lipinski definition) is 2. The number of ether oxygens (including phenoxy) is 1. The van der Waals surface area contributed by atoms with Crippen LogP contribution in [-0.2, 0) is 29.6 Å². The molecule has 0 radical (unpaired) electrons. The Morgan fingerprint density at radius 2 is 1.97 bits per heavy atom. The fourth-order valence-electron chi connectivity index (χ4n) is 3.25. The molecule has 2 N–H and O–H groups in total. The van der Waals surface area contributed by atoms with Crippen LogP contribution in [0.1, 0.15) is 24.1 Å². The Balaban J connectivity index is 1.44. The molecule has 3 rings (SSSR count). The molecule has 0 spiro atoms. The lowest BCUT2D eigenvalue weighted by molar-refractivity contribution is -0.127. The summed E-state index contributed by atoms with van der Waals surface area (Å²) in [5, 5.41) is 5.51. The maximum Gasteiger partial charge on any atom is 0.324 e. The lowest BCUT2D eigenvalue weighted by Gasteiger charge is -2.13. The first-order valence-corrected chi connectivity index (χ1v) is 9.59. The Kier molecular flexibility index (Phi) is 6.54. The van der Waals surface area contributed by atoms with Gasteiger partial charge in [0.15, 0.2) is 0 Å². The molecule has 8 heteroatoms. The molecule has 0 bridgehead atoms. The molecular weight excluding hydrogens is 372 g/mol. The van der Waals surface area contributed by atoms with Crippen molar-refractivity contribution in [2.75, 3.05) is 13.7 Å². The molecule has 154 valence electrons. The Hall–Kier alpha value is -3.29. The minimum atomic E-state index is -0.654. The lowest BCUT2D eigenvalue weighted by Crippen LogP contribution is -2.34. The second-order valence-electron chi connectivity index (χ2n) is 7.02. The zero-order chi connectivity index (χ0) is 20.8. The largest absolute Gasteiger partial charge is 0.497 e. The number of aryl methyl sites for hydroxylation is 1. The van der Waals surface area contributed by atoms with Crippen molar-refractivity contribution in [3.63, 3.8) is 0 Å². The zero-order valence-corrected chi connectivity index (χ0v) is 16.7. The lowest BCUT2D eigenvalue weighted by atomic mass is 10.1. The van der Waals surface area contributed by atoms with Gasteiger partial charge in [-0.25, -0.2) is 4.79 Å². The van der Waals surface area contributed by atoms with E-state index in [2.05, 4.69) is 10.6 Å². The molecule has 0 saturated carbocycles. The standard InChI is InChI=1S/C21H26N4O4/c1-24-12-3-4-16(24)14-22-19(26)10-9-18-20(27)25(21(28)23-18)13-11-15-5-7-17(29-2)8-6-15/h3-8,12,18H,9-11,13-14H2,1-2H3,(H,22,26)(H,23,28). The molecule has 1 aromatic carbocycles. The fraction of sp³-hybridized carbons (Fsp3) is 0.381. The molecule has 1 aromatic heterocycles. The summed E-state index contributed by atoms with van der Waals surface area (Å²) in [5.41, 5.74) is 2.00. The first kappa shape index (κ1) is 20.4. The maximum atomic E-state index is 12.5. The van der Waals surface area contributed by atoms with E-state index < -0.39 is 12.1 Å². The molecule has 8 nitrogen and oxygen atoms in total. The van der Waals surface area contributed by atoms with E-state index in [0.717, 1.165) is 17.0 Å². The van der Waals surface area contributed by atoms with Gasteiger partial charge < -0.3 is 19.9 Å². The molecule has 1 saturated heterocycles. The maximum absolute atomic E-state index is 12.5. The number of carbonyl (C=O) groups excluding carboxylic acids is 3. The monoisotopic (exact) mass is 398 g/mol. The van der Waals surface area contributed by atoms with E-state index in [1.807, 2.05) is 54.2 Å². The van der Waals surface area contributed by atoms with E-state index in [-0.39, 0.29) is 24.7 Å². The summed E-state index contributed by atoms with van der Waals surface area (Å²) in [6, 6.07) is 10.3. The number of hydrogen-bond acceptors (Lipinski definition) is 4. The number of methoxy groups -OCH3 is 1. The van der Waals surface area contributed by atoms with E-state index >= 15 is 0 Å². The molecule has 29 heavy (non-hydrogen) atoms. The van der Waals surface area contributed by atoms with E-state index in [1.54, 1.807) is 7.11 Å². The molecule has 1 unspecified atom stereocenters. The Bertz CT molecular complexity index is 875. The van der Waals surface area contributed by atoms with Crippen molar-refractivity contribution in [1.29, 1.82) is 0 Å². The van der Waals surface area contributed by atoms with Crippen molar-refractivity contribution in [3.05, 3.63) is 53.9 Å². The number of nitrogens with one attached hydrogen (secondary N) is 2. The van der Waals surface area contributed by atoms with Crippen molar-refractivity contribution < 1.29 is 19.1 Å². The van der Waals surface area contributed by atoms with Crippen LogP contribution >= 0.6 is 0 Å². The minimum absolute atomic E-state index is 0.148. The molecule has 2 heterocycles. The van der Waals surface area contributed by atoms with Crippen molar-refractivity contribution in [3.8, 4) is 5.75 Å². The first-order valence-electron chi connectivity index (χ1n) is 9.59. The van der Waals surface area contributed by atoms with Gasteiger partial charge in [-0.05, 0) is 42.7 Å². The van der Waals surface area contributed by atoms with Crippen molar-refractivity contribution in [2.45, 2.75) is 31.8 Å². The van der Waals surface area contributed by atoms with Crippen LogP contribution in [0.2, 0.25) is 0 Å². The Morgan fingerprint density at radius 1 is 1.21 bits per heavy atom. The summed E-state index contributed by atoms with van der Waals surface area (Å²) in [6.07, 6.45) is 2.93. The average Bonchev–Trinajstić information content (AvgIpc) is 3.25. The van der Waals surface area contributed by atoms with Gasteiger partial charge in [-0.15, -0.1) is 0 Å². The second kappa shape index (κ2) is 9.27. The topological polar surface area (TPSA) is 92.7 Å². The van der Waals surface area contributed by atoms with Crippen molar-refractivity contribution in [1.82, 2.24) is 20.1 Å². The normalized spacial score (nSPS) is 16.1. The third-order valence-electron chi connectivity index (χ3n) is 5.07. The smallest absolute Gasteiger partial charge is 0.324 e. The van der Waals surface area contributed by atoms with Gasteiger partial charge in [0.1, 0.15) is 11.8 Å². The number of nitrogens with zero attached hydrogens (tertiary/aromatic N) is 2. The highest BCUT2D eigenvalue weighted by Crippen LogP contribution is 2.15. The summed E-state index contributed by atoms with van der Waals surface area (Å²) < 4.78 is 7.06. The van der Waals surface area contributed by atoms with Gasteiger partial charge in [0, 0.05) is 31.9 Å². The highest BCUT2D eigenvalue weighted by Gasteiger charge is 2.37. The van der Waals surface area contributed by atoms with Gasteiger partial charge in [-0.1, -0.05) is 12.1 Å². The van der Waals surface area contributed by atoms with Crippen LogP contribution in [0, 0.1) is 0 Å². The highest BCUT2D eigenvalue weighted by atomic mass is 16.5. The minimum Gasteiger partial charge on any atom is -0.497 e. The number of aromatic nitrogens is 1. The zero-order valence-electron chi connectivity index (χ0n) is 16.7. The van der Waals surface area contributed by atoms with E-state index in [4.69, 9.17) is 4.74 Å². The van der Waals surface area contributed by atoms with Crippen molar-refractivity contribution in [2.24, 2.45) is 7.05 Å². The van der Waals surface area contributed by atoms with Crippen LogP contribution in [0.3, 0.4) is 0 Å². The van der Waals surface area contributed by atoms with Crippen LogP contribution in [-0.4, -0.2) is 47.0 Å². The second-order valence-corrected chi connectivity index (χ2v) is 7.02. The first-order chi connectivity index (χ1) is 14.0.